The molecule has 1 aliphatic heterocycles. The second kappa shape index (κ2) is 4.81. The third kappa shape index (κ3) is 4.48. The van der Waals surface area contributed by atoms with E-state index >= 15 is 0 Å². The molecule has 5 heteroatoms. The zero-order valence-corrected chi connectivity index (χ0v) is 9.54. The van der Waals surface area contributed by atoms with Crippen molar-refractivity contribution >= 4 is 6.09 Å². The molecule has 0 aliphatic carbocycles. The summed E-state index contributed by atoms with van der Waals surface area (Å²) in [6.45, 7) is 6.75. The van der Waals surface area contributed by atoms with Crippen LogP contribution in [0, 0.1) is 0 Å². The van der Waals surface area contributed by atoms with Gasteiger partial charge in [0.25, 0.3) is 0 Å². The summed E-state index contributed by atoms with van der Waals surface area (Å²) in [5.41, 5.74) is -0.498. The summed E-state index contributed by atoms with van der Waals surface area (Å²) < 4.78 is 5.11. The molecule has 3 N–H and O–H groups in total. The van der Waals surface area contributed by atoms with Crippen molar-refractivity contribution in [2.75, 3.05) is 13.1 Å². The molecule has 0 radical (unpaired) electrons. The first-order valence-electron chi connectivity index (χ1n) is 5.27. The molecule has 0 bridgehead atoms. The number of aliphatic hydroxyl groups excluding tert-OH is 1. The lowest BCUT2D eigenvalue weighted by molar-refractivity contribution is 0.0386. The Bertz CT molecular complexity index is 225. The first-order chi connectivity index (χ1) is 6.88. The highest BCUT2D eigenvalue weighted by Crippen LogP contribution is 2.09. The molecule has 2 atom stereocenters. The summed E-state index contributed by atoms with van der Waals surface area (Å²) in [7, 11) is 0. The summed E-state index contributed by atoms with van der Waals surface area (Å²) in [5.74, 6) is 0. The number of carbonyl (C=O) groups is 1. The number of piperidine rings is 1. The molecule has 1 saturated heterocycles. The van der Waals surface area contributed by atoms with Gasteiger partial charge in [-0.25, -0.2) is 4.79 Å². The lowest BCUT2D eigenvalue weighted by Gasteiger charge is -2.30. The van der Waals surface area contributed by atoms with Gasteiger partial charge in [0.05, 0.1) is 12.1 Å². The first kappa shape index (κ1) is 12.3. The van der Waals surface area contributed by atoms with Crippen LogP contribution in [0.3, 0.4) is 0 Å². The second-order valence-electron chi connectivity index (χ2n) is 4.81. The maximum Gasteiger partial charge on any atom is 0.407 e. The number of β-amino-alcohol motifs (C(OH)–C–C–N with tert-alkyl or cyclic N) is 1. The van der Waals surface area contributed by atoms with E-state index in [4.69, 9.17) is 4.74 Å². The predicted octanol–water partition coefficient (Wildman–Crippen LogP) is 0.234. The van der Waals surface area contributed by atoms with Crippen molar-refractivity contribution in [2.24, 2.45) is 0 Å². The quantitative estimate of drug-likeness (QED) is 0.587. The number of nitrogens with one attached hydrogen (secondary N) is 2. The van der Waals surface area contributed by atoms with E-state index in [0.717, 1.165) is 13.0 Å². The molecule has 0 spiro atoms. The number of ether oxygens (including phenoxy) is 1. The number of amides is 1. The lowest BCUT2D eigenvalue weighted by atomic mass is 10.0. The van der Waals surface area contributed by atoms with Gasteiger partial charge < -0.3 is 20.5 Å². The maximum absolute atomic E-state index is 11.4. The fourth-order valence-corrected chi connectivity index (χ4v) is 1.47. The molecule has 1 fully saturated rings. The summed E-state index contributed by atoms with van der Waals surface area (Å²) >= 11 is 0. The Hall–Kier alpha value is -0.810. The van der Waals surface area contributed by atoms with Crippen LogP contribution in [0.1, 0.15) is 27.2 Å². The average Bonchev–Trinajstić information content (AvgIpc) is 2.05. The van der Waals surface area contributed by atoms with Gasteiger partial charge in [0.1, 0.15) is 5.60 Å². The van der Waals surface area contributed by atoms with E-state index < -0.39 is 17.8 Å². The molecule has 5 nitrogen and oxygen atoms in total. The van der Waals surface area contributed by atoms with E-state index in [0.29, 0.717) is 6.54 Å². The van der Waals surface area contributed by atoms with Gasteiger partial charge in [-0.3, -0.25) is 0 Å². The van der Waals surface area contributed by atoms with Gasteiger partial charge in [0.15, 0.2) is 0 Å². The number of hydrogen-bond donors (Lipinski definition) is 3. The summed E-state index contributed by atoms with van der Waals surface area (Å²) in [6.07, 6.45) is -0.278. The SMILES string of the molecule is CC(C)(C)OC(=O)NC1CCNC[C@H]1O. The minimum Gasteiger partial charge on any atom is -0.444 e. The standard InChI is InChI=1S/C10H20N2O3/c1-10(2,3)15-9(14)12-7-4-5-11-6-8(7)13/h7-8,11,13H,4-6H2,1-3H3,(H,12,14)/t7?,8-/m1/s1. The van der Waals surface area contributed by atoms with Crippen LogP contribution in [0.5, 0.6) is 0 Å². The van der Waals surface area contributed by atoms with Gasteiger partial charge in [-0.05, 0) is 33.7 Å². The molecule has 0 aromatic carbocycles. The Kier molecular flexibility index (Phi) is 3.93. The van der Waals surface area contributed by atoms with Crippen molar-refractivity contribution in [3.05, 3.63) is 0 Å². The third-order valence-corrected chi connectivity index (χ3v) is 2.15. The molecular weight excluding hydrogens is 196 g/mol. The minimum absolute atomic E-state index is 0.207. The lowest BCUT2D eigenvalue weighted by Crippen LogP contribution is -2.53. The molecule has 0 saturated carbocycles. The predicted molar refractivity (Wildman–Crippen MR) is 56.7 cm³/mol. The molecule has 1 unspecified atom stereocenters. The molecular formula is C10H20N2O3. The van der Waals surface area contributed by atoms with Crippen LogP contribution in [-0.2, 0) is 4.74 Å². The van der Waals surface area contributed by atoms with E-state index in [1.54, 1.807) is 0 Å². The molecule has 88 valence electrons. The molecule has 1 rings (SSSR count). The van der Waals surface area contributed by atoms with Gasteiger partial charge >= 0.3 is 6.09 Å². The monoisotopic (exact) mass is 216 g/mol. The van der Waals surface area contributed by atoms with Crippen LogP contribution in [0.4, 0.5) is 4.79 Å². The Morgan fingerprint density at radius 2 is 2.20 bits per heavy atom. The number of hydrogen-bond acceptors (Lipinski definition) is 4. The van der Waals surface area contributed by atoms with Crippen LogP contribution in [-0.4, -0.2) is 42.0 Å². The zero-order chi connectivity index (χ0) is 11.5. The molecule has 15 heavy (non-hydrogen) atoms. The first-order valence-corrected chi connectivity index (χ1v) is 5.27. The smallest absolute Gasteiger partial charge is 0.407 e. The Morgan fingerprint density at radius 1 is 1.53 bits per heavy atom. The van der Waals surface area contributed by atoms with Gasteiger partial charge in [-0.2, -0.15) is 0 Å². The number of carbonyl (C=O) groups excluding carboxylic acids is 1. The molecule has 1 amide bonds. The van der Waals surface area contributed by atoms with Crippen LogP contribution in [0.2, 0.25) is 0 Å². The van der Waals surface area contributed by atoms with Gasteiger partial charge in [0, 0.05) is 6.54 Å². The van der Waals surface area contributed by atoms with Crippen molar-refractivity contribution in [1.29, 1.82) is 0 Å². The highest BCUT2D eigenvalue weighted by Gasteiger charge is 2.26. The van der Waals surface area contributed by atoms with E-state index in [9.17, 15) is 9.90 Å². The second-order valence-corrected chi connectivity index (χ2v) is 4.81. The summed E-state index contributed by atoms with van der Waals surface area (Å²) in [5, 5.41) is 15.3. The largest absolute Gasteiger partial charge is 0.444 e. The zero-order valence-electron chi connectivity index (χ0n) is 9.54. The fourth-order valence-electron chi connectivity index (χ4n) is 1.47. The molecule has 1 aliphatic rings. The van der Waals surface area contributed by atoms with Crippen molar-refractivity contribution in [3.8, 4) is 0 Å². The number of alkyl carbamates (subject to hydrolysis) is 1. The van der Waals surface area contributed by atoms with Crippen LogP contribution < -0.4 is 10.6 Å². The number of aliphatic hydroxyl groups is 1. The summed E-state index contributed by atoms with van der Waals surface area (Å²) in [4.78, 5) is 11.4. The normalized spacial score (nSPS) is 27.2. The summed E-state index contributed by atoms with van der Waals surface area (Å²) in [6, 6.07) is -0.207. The Labute approximate surface area is 90.2 Å². The molecule has 0 aromatic heterocycles. The highest BCUT2D eigenvalue weighted by atomic mass is 16.6. The van der Waals surface area contributed by atoms with Gasteiger partial charge in [-0.15, -0.1) is 0 Å². The van der Waals surface area contributed by atoms with Crippen molar-refractivity contribution in [3.63, 3.8) is 0 Å². The maximum atomic E-state index is 11.4. The van der Waals surface area contributed by atoms with E-state index in [-0.39, 0.29) is 6.04 Å². The average molecular weight is 216 g/mol. The van der Waals surface area contributed by atoms with E-state index in [1.165, 1.54) is 0 Å². The van der Waals surface area contributed by atoms with Gasteiger partial charge in [-0.1, -0.05) is 0 Å². The van der Waals surface area contributed by atoms with E-state index in [1.807, 2.05) is 20.8 Å². The van der Waals surface area contributed by atoms with Gasteiger partial charge in [0.2, 0.25) is 0 Å². The Balaban J connectivity index is 2.36. The minimum atomic E-state index is -0.536. The third-order valence-electron chi connectivity index (χ3n) is 2.15. The highest BCUT2D eigenvalue weighted by molar-refractivity contribution is 5.68. The molecule has 1 heterocycles. The topological polar surface area (TPSA) is 70.6 Å². The van der Waals surface area contributed by atoms with E-state index in [2.05, 4.69) is 10.6 Å². The van der Waals surface area contributed by atoms with Crippen molar-refractivity contribution in [2.45, 2.75) is 44.9 Å². The Morgan fingerprint density at radius 3 is 2.73 bits per heavy atom. The van der Waals surface area contributed by atoms with Crippen LogP contribution >= 0.6 is 0 Å². The van der Waals surface area contributed by atoms with Crippen LogP contribution in [0.25, 0.3) is 0 Å². The van der Waals surface area contributed by atoms with Crippen LogP contribution in [0.15, 0.2) is 0 Å². The van der Waals surface area contributed by atoms with Crippen molar-refractivity contribution < 1.29 is 14.6 Å². The molecule has 0 aromatic rings. The van der Waals surface area contributed by atoms with Crippen molar-refractivity contribution in [1.82, 2.24) is 10.6 Å². The fraction of sp³-hybridized carbons (Fsp3) is 0.900. The number of rotatable bonds is 1.